The molecule has 0 fully saturated rings. The summed E-state index contributed by atoms with van der Waals surface area (Å²) in [6.07, 6.45) is 0.434. The van der Waals surface area contributed by atoms with Crippen molar-refractivity contribution in [1.29, 1.82) is 0 Å². The van der Waals surface area contributed by atoms with Crippen molar-refractivity contribution in [2.45, 2.75) is 92.0 Å². The molecule has 0 spiro atoms. The van der Waals surface area contributed by atoms with Crippen LogP contribution in [0.4, 0.5) is 27.0 Å². The number of primary amides is 2. The highest BCUT2D eigenvalue weighted by atomic mass is 79.9. The quantitative estimate of drug-likeness (QED) is 0.0393. The first-order valence-corrected chi connectivity index (χ1v) is 32.4. The number of halogens is 4. The Hall–Kier alpha value is -9.80. The predicted octanol–water partition coefficient (Wildman–Crippen LogP) is 9.38. The smallest absolute Gasteiger partial charge is 0.410 e. The fourth-order valence-electron chi connectivity index (χ4n) is 7.62. The second kappa shape index (κ2) is 40.0. The Balaban J connectivity index is 0.000000319. The van der Waals surface area contributed by atoms with Crippen molar-refractivity contribution in [3.05, 3.63) is 157 Å². The zero-order chi connectivity index (χ0) is 73.6. The Morgan fingerprint density at radius 3 is 1.33 bits per heavy atom. The molecule has 0 saturated carbocycles. The summed E-state index contributed by atoms with van der Waals surface area (Å²) in [5.41, 5.74) is 16.7. The molecule has 7 amide bonds. The highest BCUT2D eigenvalue weighted by Gasteiger charge is 2.24. The van der Waals surface area contributed by atoms with Gasteiger partial charge in [-0.2, -0.15) is 10.2 Å². The number of carboxylic acids is 2. The number of fused-ring (bicyclic) bond motifs is 2. The number of nitrogens with one attached hydrogen (secondary N) is 2. The average Bonchev–Trinajstić information content (AvgIpc) is 1.65. The number of carboxylic acid groups (broad SMARTS) is 2. The van der Waals surface area contributed by atoms with Gasteiger partial charge in [0.25, 0.3) is 11.8 Å². The molecule has 34 heteroatoms. The van der Waals surface area contributed by atoms with E-state index in [4.69, 9.17) is 36.9 Å². The Kier molecular flexibility index (Phi) is 33.7. The number of ketones is 1. The lowest BCUT2D eigenvalue weighted by atomic mass is 10.2. The number of rotatable bonds is 18. The molecule has 10 N–H and O–H groups in total. The van der Waals surface area contributed by atoms with Crippen LogP contribution in [0.2, 0.25) is 0 Å². The molecule has 0 atom stereocenters. The van der Waals surface area contributed by atoms with Gasteiger partial charge in [0.1, 0.15) is 66.7 Å². The van der Waals surface area contributed by atoms with Gasteiger partial charge in [-0.3, -0.25) is 47.7 Å². The highest BCUT2D eigenvalue weighted by Crippen LogP contribution is 2.21. The molecule has 6 heterocycles. The molecular weight excluding hydrogens is 1540 g/mol. The van der Waals surface area contributed by atoms with Gasteiger partial charge in [-0.15, -0.1) is 0 Å². The molecule has 524 valence electrons. The summed E-state index contributed by atoms with van der Waals surface area (Å²) in [4.78, 5) is 134. The van der Waals surface area contributed by atoms with Crippen molar-refractivity contribution in [2.75, 3.05) is 57.1 Å². The van der Waals surface area contributed by atoms with Gasteiger partial charge in [-0.25, -0.2) is 29.5 Å². The summed E-state index contributed by atoms with van der Waals surface area (Å²) in [6.45, 7) is 11.5. The molecule has 0 bridgehead atoms. The second-order valence-corrected chi connectivity index (χ2v) is 25.8. The average molecular weight is 1610 g/mol. The number of hydrogen-bond donors (Lipinski definition) is 7. The van der Waals surface area contributed by atoms with Crippen molar-refractivity contribution >= 4 is 162 Å². The van der Waals surface area contributed by atoms with Gasteiger partial charge < -0.3 is 62.2 Å². The van der Waals surface area contributed by atoms with E-state index in [1.165, 1.54) is 33.3 Å². The van der Waals surface area contributed by atoms with E-state index in [1.54, 1.807) is 140 Å². The van der Waals surface area contributed by atoms with Gasteiger partial charge in [0.15, 0.2) is 17.2 Å². The molecule has 2 aromatic carbocycles. The van der Waals surface area contributed by atoms with Crippen molar-refractivity contribution < 1.29 is 67.6 Å². The number of nitrogen functional groups attached to an aromatic ring is 1. The van der Waals surface area contributed by atoms with Gasteiger partial charge in [-0.1, -0.05) is 67.6 Å². The van der Waals surface area contributed by atoms with E-state index in [2.05, 4.69) is 104 Å². The molecule has 8 aromatic rings. The van der Waals surface area contributed by atoms with Crippen LogP contribution in [0.15, 0.2) is 140 Å². The van der Waals surface area contributed by atoms with E-state index in [9.17, 15) is 47.9 Å². The van der Waals surface area contributed by atoms with Crippen molar-refractivity contribution in [3.8, 4) is 0 Å². The molecule has 0 aliphatic rings. The van der Waals surface area contributed by atoms with Crippen molar-refractivity contribution in [3.63, 3.8) is 0 Å². The molecule has 0 aliphatic heterocycles. The number of carbonyl (C=O) groups is 10. The lowest BCUT2D eigenvalue weighted by molar-refractivity contribution is -0.138. The van der Waals surface area contributed by atoms with Gasteiger partial charge in [0.2, 0.25) is 17.7 Å². The Morgan fingerprint density at radius 2 is 0.929 bits per heavy atom. The molecule has 0 radical (unpaired) electrons. The minimum atomic E-state index is -1.06. The topological polar surface area (TPSA) is 429 Å². The van der Waals surface area contributed by atoms with Crippen molar-refractivity contribution in [2.24, 2.45) is 11.5 Å². The number of nitrogens with zero attached hydrogens (tertiary/aromatic N) is 11. The predicted molar refractivity (Wildman–Crippen MR) is 380 cm³/mol. The maximum Gasteiger partial charge on any atom is 0.410 e. The van der Waals surface area contributed by atoms with Crippen LogP contribution < -0.4 is 27.8 Å². The fraction of sp³-hybridized carbons (Fsp3) is 0.312. The number of benzene rings is 2. The number of likely N-dealkylation sites (N-methyl/N-ethyl adjacent to an activating group) is 3. The second-order valence-electron chi connectivity index (χ2n) is 22.6. The van der Waals surface area contributed by atoms with Crippen molar-refractivity contribution in [1.82, 2.24) is 54.2 Å². The van der Waals surface area contributed by atoms with Gasteiger partial charge in [0.05, 0.1) is 30.5 Å². The summed E-state index contributed by atoms with van der Waals surface area (Å²) >= 11 is 12.9. The molecule has 98 heavy (non-hydrogen) atoms. The minimum Gasteiger partial charge on any atom is -0.480 e. The van der Waals surface area contributed by atoms with Crippen LogP contribution in [0.3, 0.4) is 0 Å². The van der Waals surface area contributed by atoms with E-state index >= 15 is 0 Å². The van der Waals surface area contributed by atoms with Crippen LogP contribution in [0, 0.1) is 0 Å². The van der Waals surface area contributed by atoms with E-state index < -0.39 is 47.1 Å². The number of ether oxygens (including phenoxy) is 2. The standard InChI is InChI=1S/C18H17BrN6O3.C14H19BrN2O3.C10H9N3O3.C9H11BrN2O.C8H15NO4.C5H5BrN2/c1-24(9-15(26)22-14-8-4-7-13(19)21-14)16(27)10-25-12-6-3-2-5-11(12)17(23-25)18(20)28;1-14(2,3)20-13(19)17(4)9-11(18)8-10-6-5-7-12(15)16-10;11-10(16)9-6-3-1-2-4-7(6)13(12-9)5-8(14)15;1-2-4-9(13)12-8-6-3-5-7(10)11-8;1-8(2,3)13-7(12)9(4)5-6(10)11;6-4-2-1-3-5(7)8-4/h2-8H,9-10H2,1H3,(H2,20,28)(H,21,22,26);5-7H,8-9H2,1-4H3;1-4H,5H2,(H2,11,16)(H,14,15);3,5-6H,2,4H2,1H3,(H,11,12,13);5H2,1-4H3,(H,10,11);1-3H,(H2,7,8). The number of anilines is 3. The lowest BCUT2D eigenvalue weighted by Crippen LogP contribution is -2.37. The zero-order valence-corrected chi connectivity index (χ0v) is 61.5. The monoisotopic (exact) mass is 1610 g/mol. The number of pyridine rings is 4. The normalized spacial score (nSPS) is 10.5. The number of aromatic nitrogens is 8. The number of Topliss-reactive ketones (excluding diaryl/α,β-unsaturated/α-hetero) is 1. The van der Waals surface area contributed by atoms with Gasteiger partial charge >= 0.3 is 24.1 Å². The molecule has 8 rings (SSSR count). The van der Waals surface area contributed by atoms with Gasteiger partial charge in [0, 0.05) is 44.0 Å². The summed E-state index contributed by atoms with van der Waals surface area (Å²) in [7, 11) is 4.43. The number of nitrogens with two attached hydrogens (primary N) is 3. The molecule has 0 saturated heterocycles. The first-order chi connectivity index (χ1) is 45.8. The largest absolute Gasteiger partial charge is 0.480 e. The summed E-state index contributed by atoms with van der Waals surface area (Å²) in [5, 5.41) is 31.6. The molecule has 6 aromatic heterocycles. The molecule has 30 nitrogen and oxygen atoms in total. The SMILES string of the molecule is CCCC(=O)Nc1cccc(Br)n1.CN(CC(=O)Cc1cccc(Br)n1)C(=O)OC(C)(C)C.CN(CC(=O)Nc1cccc(Br)n1)C(=O)Cn1nc(C(N)=O)c2ccccc21.CN(CC(=O)O)C(=O)OC(C)(C)C.NC(=O)c1nn(CC(=O)O)c2ccccc12.Nc1cccc(Br)n1. The van der Waals surface area contributed by atoms with Crippen LogP contribution in [0.5, 0.6) is 0 Å². The Labute approximate surface area is 597 Å². The third kappa shape index (κ3) is 31.4. The zero-order valence-electron chi connectivity index (χ0n) is 55.2. The summed E-state index contributed by atoms with van der Waals surface area (Å²) < 4.78 is 15.5. The fourth-order valence-corrected chi connectivity index (χ4v) is 9.04. The first-order valence-electron chi connectivity index (χ1n) is 29.3. The lowest BCUT2D eigenvalue weighted by Gasteiger charge is -2.24. The summed E-state index contributed by atoms with van der Waals surface area (Å²) in [6, 6.07) is 35.2. The molecular formula is C64H76Br4N16O14. The number of amides is 7. The summed E-state index contributed by atoms with van der Waals surface area (Å²) in [5.74, 6) is -2.73. The van der Waals surface area contributed by atoms with Crippen LogP contribution in [0.25, 0.3) is 21.8 Å². The number of carbonyl (C=O) groups excluding carboxylic acids is 8. The maximum atomic E-state index is 12.5. The van der Waals surface area contributed by atoms with Gasteiger partial charge in [-0.05, 0) is 172 Å². The third-order valence-electron chi connectivity index (χ3n) is 11.7. The Bertz CT molecular complexity index is 4070. The van der Waals surface area contributed by atoms with E-state index in [0.717, 1.165) is 20.5 Å². The van der Waals surface area contributed by atoms with Crippen LogP contribution in [0.1, 0.15) is 88.0 Å². The maximum absolute atomic E-state index is 12.5. The third-order valence-corrected chi connectivity index (χ3v) is 13.5. The molecule has 0 aliphatic carbocycles. The molecule has 0 unspecified atom stereocenters. The Morgan fingerprint density at radius 1 is 0.510 bits per heavy atom. The number of aliphatic carboxylic acids is 2. The number of para-hydroxylation sites is 2. The minimum absolute atomic E-state index is 0.00308. The van der Waals surface area contributed by atoms with E-state index in [1.807, 2.05) is 37.3 Å². The van der Waals surface area contributed by atoms with E-state index in [-0.39, 0.29) is 74.0 Å². The number of hydrogen-bond acceptors (Lipinski definition) is 19. The van der Waals surface area contributed by atoms with Crippen LogP contribution in [-0.4, -0.2) is 176 Å². The van der Waals surface area contributed by atoms with Crippen LogP contribution >= 0.6 is 63.7 Å². The van der Waals surface area contributed by atoms with Crippen LogP contribution in [-0.2, 0) is 57.8 Å². The first kappa shape index (κ1) is 82.4. The highest BCUT2D eigenvalue weighted by molar-refractivity contribution is 9.11. The van der Waals surface area contributed by atoms with E-state index in [0.29, 0.717) is 60.6 Å².